The molecule has 1 N–H and O–H groups in total. The summed E-state index contributed by atoms with van der Waals surface area (Å²) in [6.07, 6.45) is 2.91. The summed E-state index contributed by atoms with van der Waals surface area (Å²) in [7, 11) is 0. The van der Waals surface area contributed by atoms with E-state index in [9.17, 15) is 4.79 Å². The van der Waals surface area contributed by atoms with Crippen molar-refractivity contribution < 1.29 is 4.79 Å². The number of nitrogens with zero attached hydrogens (tertiary/aromatic N) is 2. The zero-order valence-electron chi connectivity index (χ0n) is 6.79. The highest BCUT2D eigenvalue weighted by molar-refractivity contribution is 5.88. The van der Waals surface area contributed by atoms with Crippen LogP contribution in [-0.4, -0.2) is 30.2 Å². The number of aliphatic imine (C=N–C) groups is 1. The summed E-state index contributed by atoms with van der Waals surface area (Å²) in [5, 5.41) is 2.67. The average molecular weight is 165 g/mol. The fourth-order valence-electron chi connectivity index (χ4n) is 0.954. The average Bonchev–Trinajstić information content (AvgIpc) is 2.47. The molecule has 0 aliphatic carbocycles. The smallest absolute Gasteiger partial charge is 0.322 e. The Morgan fingerprint density at radius 2 is 2.50 bits per heavy atom. The fourth-order valence-corrected chi connectivity index (χ4v) is 0.954. The topological polar surface area (TPSA) is 44.7 Å². The van der Waals surface area contributed by atoms with Crippen molar-refractivity contribution in [2.75, 3.05) is 13.1 Å². The second kappa shape index (κ2) is 3.71. The molecule has 0 atom stereocenters. The Hall–Kier alpha value is -1.58. The first-order valence-electron chi connectivity index (χ1n) is 3.64. The third-order valence-corrected chi connectivity index (χ3v) is 1.53. The molecule has 1 heterocycles. The van der Waals surface area contributed by atoms with Gasteiger partial charge in [0.25, 0.3) is 0 Å². The summed E-state index contributed by atoms with van der Waals surface area (Å²) in [5.74, 6) is 0. The zero-order valence-corrected chi connectivity index (χ0v) is 6.79. The van der Waals surface area contributed by atoms with Crippen LogP contribution in [0.1, 0.15) is 0 Å². The maximum Gasteiger partial charge on any atom is 0.322 e. The number of nitrogens with one attached hydrogen (secondary N) is 1. The predicted octanol–water partition coefficient (Wildman–Crippen LogP) is 0.740. The predicted molar refractivity (Wildman–Crippen MR) is 47.9 cm³/mol. The van der Waals surface area contributed by atoms with E-state index < -0.39 is 0 Å². The highest BCUT2D eigenvalue weighted by Gasteiger charge is 2.20. The zero-order chi connectivity index (χ0) is 8.97. The Balaban J connectivity index is 2.57. The van der Waals surface area contributed by atoms with Crippen molar-refractivity contribution in [3.8, 4) is 0 Å². The van der Waals surface area contributed by atoms with Gasteiger partial charge in [0.1, 0.15) is 0 Å². The van der Waals surface area contributed by atoms with Crippen molar-refractivity contribution in [3.63, 3.8) is 0 Å². The van der Waals surface area contributed by atoms with Crippen LogP contribution in [0, 0.1) is 0 Å². The summed E-state index contributed by atoms with van der Waals surface area (Å²) in [5.41, 5.74) is 0.588. The maximum absolute atomic E-state index is 11.0. The minimum Gasteiger partial charge on any atom is -0.336 e. The van der Waals surface area contributed by atoms with Crippen molar-refractivity contribution in [3.05, 3.63) is 25.1 Å². The van der Waals surface area contributed by atoms with E-state index >= 15 is 0 Å². The summed E-state index contributed by atoms with van der Waals surface area (Å²) in [6, 6.07) is -0.115. The maximum atomic E-state index is 11.0. The SMILES string of the molecule is C=CN=CC(=C)N1CCNC1=O. The van der Waals surface area contributed by atoms with Gasteiger partial charge < -0.3 is 5.32 Å². The van der Waals surface area contributed by atoms with Gasteiger partial charge in [0, 0.05) is 25.5 Å². The van der Waals surface area contributed by atoms with Crippen LogP contribution in [0.4, 0.5) is 4.79 Å². The number of amides is 2. The van der Waals surface area contributed by atoms with E-state index in [1.165, 1.54) is 17.3 Å². The van der Waals surface area contributed by atoms with Gasteiger partial charge >= 0.3 is 6.03 Å². The van der Waals surface area contributed by atoms with Gasteiger partial charge in [-0.15, -0.1) is 0 Å². The summed E-state index contributed by atoms with van der Waals surface area (Å²) >= 11 is 0. The lowest BCUT2D eigenvalue weighted by molar-refractivity contribution is 0.229. The minimum atomic E-state index is -0.115. The van der Waals surface area contributed by atoms with Crippen LogP contribution in [0.15, 0.2) is 30.0 Å². The van der Waals surface area contributed by atoms with Gasteiger partial charge in [-0.3, -0.25) is 9.89 Å². The van der Waals surface area contributed by atoms with E-state index in [0.29, 0.717) is 18.8 Å². The van der Waals surface area contributed by atoms with Crippen molar-refractivity contribution in [2.24, 2.45) is 4.99 Å². The van der Waals surface area contributed by atoms with Gasteiger partial charge in [-0.05, 0) is 0 Å². The lowest BCUT2D eigenvalue weighted by Gasteiger charge is -2.12. The van der Waals surface area contributed by atoms with E-state index in [-0.39, 0.29) is 6.03 Å². The van der Waals surface area contributed by atoms with Gasteiger partial charge in [0.15, 0.2) is 0 Å². The van der Waals surface area contributed by atoms with Gasteiger partial charge in [-0.2, -0.15) is 0 Å². The highest BCUT2D eigenvalue weighted by atomic mass is 16.2. The van der Waals surface area contributed by atoms with Crippen molar-refractivity contribution in [2.45, 2.75) is 0 Å². The molecule has 64 valence electrons. The lowest BCUT2D eigenvalue weighted by Crippen LogP contribution is -2.27. The van der Waals surface area contributed by atoms with Crippen LogP contribution < -0.4 is 5.32 Å². The molecule has 1 aliphatic rings. The fraction of sp³-hybridized carbons (Fsp3) is 0.250. The number of carbonyl (C=O) groups excluding carboxylic acids is 1. The standard InChI is InChI=1S/C8H11N3O/c1-3-9-6-7(2)11-5-4-10-8(11)12/h3,6H,1-2,4-5H2,(H,10,12). The highest BCUT2D eigenvalue weighted by Crippen LogP contribution is 2.03. The molecule has 2 amide bonds. The molecule has 0 unspecified atom stereocenters. The van der Waals surface area contributed by atoms with Gasteiger partial charge in [0.05, 0.1) is 5.70 Å². The first-order valence-corrected chi connectivity index (χ1v) is 3.64. The monoisotopic (exact) mass is 165 g/mol. The van der Waals surface area contributed by atoms with Crippen LogP contribution in [0.5, 0.6) is 0 Å². The molecule has 1 aliphatic heterocycles. The van der Waals surface area contributed by atoms with E-state index in [2.05, 4.69) is 23.5 Å². The van der Waals surface area contributed by atoms with Gasteiger partial charge in [-0.1, -0.05) is 13.2 Å². The molecule has 1 rings (SSSR count). The second-order valence-electron chi connectivity index (χ2n) is 2.34. The molecule has 0 saturated carbocycles. The largest absolute Gasteiger partial charge is 0.336 e. The van der Waals surface area contributed by atoms with E-state index in [0.717, 1.165) is 0 Å². The van der Waals surface area contributed by atoms with Gasteiger partial charge in [-0.25, -0.2) is 4.79 Å². The van der Waals surface area contributed by atoms with Crippen molar-refractivity contribution >= 4 is 12.2 Å². The molecule has 0 aromatic heterocycles. The number of hydrogen-bond acceptors (Lipinski definition) is 2. The molecule has 4 heteroatoms. The van der Waals surface area contributed by atoms with Crippen LogP contribution in [0.25, 0.3) is 0 Å². The Morgan fingerprint density at radius 1 is 1.75 bits per heavy atom. The van der Waals surface area contributed by atoms with Crippen LogP contribution >= 0.6 is 0 Å². The molecule has 1 fully saturated rings. The second-order valence-corrected chi connectivity index (χ2v) is 2.34. The quantitative estimate of drug-likeness (QED) is 0.616. The molecule has 4 nitrogen and oxygen atoms in total. The Labute approximate surface area is 71.3 Å². The first kappa shape index (κ1) is 8.52. The summed E-state index contributed by atoms with van der Waals surface area (Å²) in [6.45, 7) is 8.43. The van der Waals surface area contributed by atoms with Crippen LogP contribution in [-0.2, 0) is 0 Å². The molecule has 0 spiro atoms. The number of allylic oxidation sites excluding steroid dienone is 1. The molecule has 1 saturated heterocycles. The lowest BCUT2D eigenvalue weighted by atomic mass is 10.4. The molecule has 0 radical (unpaired) electrons. The van der Waals surface area contributed by atoms with E-state index in [1.807, 2.05) is 0 Å². The Morgan fingerprint density at radius 3 is 3.00 bits per heavy atom. The Bertz CT molecular complexity index is 245. The first-order chi connectivity index (χ1) is 5.75. The summed E-state index contributed by atoms with van der Waals surface area (Å²) < 4.78 is 0. The van der Waals surface area contributed by atoms with Crippen molar-refractivity contribution in [1.82, 2.24) is 10.2 Å². The van der Waals surface area contributed by atoms with E-state index in [1.54, 1.807) is 0 Å². The van der Waals surface area contributed by atoms with E-state index in [4.69, 9.17) is 0 Å². The van der Waals surface area contributed by atoms with Crippen LogP contribution in [0.3, 0.4) is 0 Å². The molecular weight excluding hydrogens is 154 g/mol. The molecule has 0 bridgehead atoms. The molecular formula is C8H11N3O. The normalized spacial score (nSPS) is 16.7. The van der Waals surface area contributed by atoms with Gasteiger partial charge in [0.2, 0.25) is 0 Å². The van der Waals surface area contributed by atoms with Crippen LogP contribution in [0.2, 0.25) is 0 Å². The molecule has 12 heavy (non-hydrogen) atoms. The number of hydrogen-bond donors (Lipinski definition) is 1. The van der Waals surface area contributed by atoms with Crippen molar-refractivity contribution in [1.29, 1.82) is 0 Å². The minimum absolute atomic E-state index is 0.115. The third-order valence-electron chi connectivity index (χ3n) is 1.53. The number of carbonyl (C=O) groups is 1. The number of urea groups is 1. The number of rotatable bonds is 3. The summed E-state index contributed by atoms with van der Waals surface area (Å²) in [4.78, 5) is 16.3. The molecule has 0 aromatic rings. The molecule has 0 aromatic carbocycles. The third kappa shape index (κ3) is 1.72. The Kier molecular flexibility index (Phi) is 2.63.